The van der Waals surface area contributed by atoms with Gasteiger partial charge in [-0.1, -0.05) is 18.2 Å². The van der Waals surface area contributed by atoms with Gasteiger partial charge in [0.25, 0.3) is 5.56 Å². The molecular formula is C15H18N4OS. The average molecular weight is 302 g/mol. The fourth-order valence-electron chi connectivity index (χ4n) is 2.60. The van der Waals surface area contributed by atoms with Crippen LogP contribution >= 0.6 is 12.2 Å². The highest BCUT2D eigenvalue weighted by Gasteiger charge is 2.24. The van der Waals surface area contributed by atoms with Crippen LogP contribution in [0.4, 0.5) is 0 Å². The highest BCUT2D eigenvalue weighted by Crippen LogP contribution is 2.16. The Morgan fingerprint density at radius 1 is 1.38 bits per heavy atom. The van der Waals surface area contributed by atoms with E-state index in [1.807, 2.05) is 42.2 Å². The van der Waals surface area contributed by atoms with E-state index in [9.17, 15) is 4.79 Å². The topological polar surface area (TPSA) is 53.1 Å². The van der Waals surface area contributed by atoms with Crippen molar-refractivity contribution in [1.82, 2.24) is 20.0 Å². The maximum Gasteiger partial charge on any atom is 0.276 e. The lowest BCUT2D eigenvalue weighted by Gasteiger charge is -2.28. The second kappa shape index (κ2) is 5.73. The molecule has 21 heavy (non-hydrogen) atoms. The van der Waals surface area contributed by atoms with Crippen molar-refractivity contribution >= 4 is 17.3 Å². The first-order valence-corrected chi connectivity index (χ1v) is 7.52. The SMILES string of the molecule is CCNC(=S)N1CCc2[nH]n(-c3ccccc3)c(=O)c2C1. The Morgan fingerprint density at radius 2 is 2.14 bits per heavy atom. The number of aromatic amines is 1. The number of fused-ring (bicyclic) bond motifs is 1. The molecule has 0 bridgehead atoms. The number of hydrogen-bond acceptors (Lipinski definition) is 2. The summed E-state index contributed by atoms with van der Waals surface area (Å²) >= 11 is 5.34. The van der Waals surface area contributed by atoms with Gasteiger partial charge in [0.2, 0.25) is 0 Å². The molecule has 0 spiro atoms. The fourth-order valence-corrected chi connectivity index (χ4v) is 2.90. The molecule has 2 heterocycles. The van der Waals surface area contributed by atoms with E-state index in [1.54, 1.807) is 4.68 Å². The summed E-state index contributed by atoms with van der Waals surface area (Å²) in [6.07, 6.45) is 0.802. The monoisotopic (exact) mass is 302 g/mol. The Kier molecular flexibility index (Phi) is 3.79. The third-order valence-electron chi connectivity index (χ3n) is 3.68. The summed E-state index contributed by atoms with van der Waals surface area (Å²) in [5.41, 5.74) is 2.70. The molecule has 0 aliphatic carbocycles. The molecule has 0 saturated heterocycles. The zero-order chi connectivity index (χ0) is 14.8. The van der Waals surface area contributed by atoms with E-state index in [-0.39, 0.29) is 5.56 Å². The van der Waals surface area contributed by atoms with Crippen molar-refractivity contribution in [3.8, 4) is 5.69 Å². The molecule has 0 radical (unpaired) electrons. The summed E-state index contributed by atoms with van der Waals surface area (Å²) in [7, 11) is 0. The Morgan fingerprint density at radius 3 is 2.86 bits per heavy atom. The zero-order valence-corrected chi connectivity index (χ0v) is 12.7. The van der Waals surface area contributed by atoms with Crippen molar-refractivity contribution in [3.63, 3.8) is 0 Å². The lowest BCUT2D eigenvalue weighted by molar-refractivity contribution is 0.385. The summed E-state index contributed by atoms with van der Waals surface area (Å²) in [4.78, 5) is 14.6. The highest BCUT2D eigenvalue weighted by atomic mass is 32.1. The molecule has 6 heteroatoms. The van der Waals surface area contributed by atoms with E-state index in [2.05, 4.69) is 10.4 Å². The van der Waals surface area contributed by atoms with Gasteiger partial charge in [0.05, 0.1) is 17.8 Å². The number of H-pyrrole nitrogens is 1. The van der Waals surface area contributed by atoms with Crippen LogP contribution in [0, 0.1) is 0 Å². The molecule has 5 nitrogen and oxygen atoms in total. The van der Waals surface area contributed by atoms with Crippen LogP contribution in [0.25, 0.3) is 5.69 Å². The van der Waals surface area contributed by atoms with Crippen LogP contribution in [0.5, 0.6) is 0 Å². The first-order valence-electron chi connectivity index (χ1n) is 7.11. The summed E-state index contributed by atoms with van der Waals surface area (Å²) < 4.78 is 1.62. The Bertz CT molecular complexity index is 704. The molecule has 0 unspecified atom stereocenters. The molecule has 1 aromatic heterocycles. The molecular weight excluding hydrogens is 284 g/mol. The molecule has 3 rings (SSSR count). The first kappa shape index (κ1) is 13.9. The number of para-hydroxylation sites is 1. The smallest absolute Gasteiger partial charge is 0.276 e. The van der Waals surface area contributed by atoms with Gasteiger partial charge in [-0.2, -0.15) is 0 Å². The van der Waals surface area contributed by atoms with Crippen LogP contribution in [-0.4, -0.2) is 32.9 Å². The van der Waals surface area contributed by atoms with Crippen molar-refractivity contribution in [3.05, 3.63) is 51.9 Å². The number of benzene rings is 1. The van der Waals surface area contributed by atoms with Gasteiger partial charge in [-0.25, -0.2) is 4.68 Å². The van der Waals surface area contributed by atoms with Gasteiger partial charge in [0.1, 0.15) is 0 Å². The van der Waals surface area contributed by atoms with Crippen molar-refractivity contribution in [1.29, 1.82) is 0 Å². The second-order valence-corrected chi connectivity index (χ2v) is 5.44. The van der Waals surface area contributed by atoms with Crippen LogP contribution < -0.4 is 10.9 Å². The van der Waals surface area contributed by atoms with E-state index >= 15 is 0 Å². The summed E-state index contributed by atoms with van der Waals surface area (Å²) in [5, 5.41) is 7.08. The zero-order valence-electron chi connectivity index (χ0n) is 11.9. The third kappa shape index (κ3) is 2.58. The van der Waals surface area contributed by atoms with E-state index in [1.165, 1.54) is 0 Å². The number of nitrogens with zero attached hydrogens (tertiary/aromatic N) is 2. The number of aromatic nitrogens is 2. The van der Waals surface area contributed by atoms with Gasteiger partial charge in [-0.3, -0.25) is 9.89 Å². The van der Waals surface area contributed by atoms with Crippen molar-refractivity contribution < 1.29 is 0 Å². The number of nitrogens with one attached hydrogen (secondary N) is 2. The first-order chi connectivity index (χ1) is 10.2. The Hall–Kier alpha value is -2.08. The fraction of sp³-hybridized carbons (Fsp3) is 0.333. The molecule has 2 aromatic rings. The minimum absolute atomic E-state index is 0.0141. The largest absolute Gasteiger partial charge is 0.363 e. The molecule has 1 aliphatic rings. The highest BCUT2D eigenvalue weighted by molar-refractivity contribution is 7.80. The van der Waals surface area contributed by atoms with E-state index in [4.69, 9.17) is 12.2 Å². The van der Waals surface area contributed by atoms with Gasteiger partial charge < -0.3 is 10.2 Å². The lowest BCUT2D eigenvalue weighted by atomic mass is 10.1. The number of rotatable bonds is 2. The van der Waals surface area contributed by atoms with Gasteiger partial charge >= 0.3 is 0 Å². The van der Waals surface area contributed by atoms with Crippen molar-refractivity contribution in [2.24, 2.45) is 0 Å². The molecule has 1 aromatic carbocycles. The molecule has 110 valence electrons. The third-order valence-corrected chi connectivity index (χ3v) is 4.09. The lowest BCUT2D eigenvalue weighted by Crippen LogP contribution is -2.43. The minimum Gasteiger partial charge on any atom is -0.363 e. The minimum atomic E-state index is 0.0141. The molecule has 0 amide bonds. The van der Waals surface area contributed by atoms with Crippen molar-refractivity contribution in [2.75, 3.05) is 13.1 Å². The predicted molar refractivity (Wildman–Crippen MR) is 86.8 cm³/mol. The van der Waals surface area contributed by atoms with Crippen LogP contribution in [0.3, 0.4) is 0 Å². The average Bonchev–Trinajstić information content (AvgIpc) is 2.85. The standard InChI is InChI=1S/C15H18N4OS/c1-2-16-15(21)18-9-8-13-12(10-18)14(20)19(17-13)11-6-4-3-5-7-11/h3-7,17H,2,8-10H2,1H3,(H,16,21). The normalized spacial score (nSPS) is 13.9. The summed E-state index contributed by atoms with van der Waals surface area (Å²) in [6.45, 7) is 4.20. The van der Waals surface area contributed by atoms with Gasteiger partial charge in [0.15, 0.2) is 5.11 Å². The molecule has 1 aliphatic heterocycles. The molecule has 0 saturated carbocycles. The predicted octanol–water partition coefficient (Wildman–Crippen LogP) is 1.42. The van der Waals surface area contributed by atoms with Crippen LogP contribution in [0.1, 0.15) is 18.2 Å². The van der Waals surface area contributed by atoms with Gasteiger partial charge in [-0.05, 0) is 31.3 Å². The van der Waals surface area contributed by atoms with Gasteiger partial charge in [-0.15, -0.1) is 0 Å². The van der Waals surface area contributed by atoms with Crippen LogP contribution in [-0.2, 0) is 13.0 Å². The van der Waals surface area contributed by atoms with Crippen LogP contribution in [0.2, 0.25) is 0 Å². The molecule has 0 fully saturated rings. The van der Waals surface area contributed by atoms with Crippen molar-refractivity contribution in [2.45, 2.75) is 19.9 Å². The van der Waals surface area contributed by atoms with E-state index < -0.39 is 0 Å². The Labute approximate surface area is 128 Å². The quantitative estimate of drug-likeness (QED) is 0.824. The van der Waals surface area contributed by atoms with E-state index in [0.717, 1.165) is 41.6 Å². The summed E-state index contributed by atoms with van der Waals surface area (Å²) in [6, 6.07) is 9.63. The number of hydrogen-bond donors (Lipinski definition) is 2. The van der Waals surface area contributed by atoms with Crippen LogP contribution in [0.15, 0.2) is 35.1 Å². The number of thiocarbonyl (C=S) groups is 1. The maximum atomic E-state index is 12.6. The van der Waals surface area contributed by atoms with E-state index in [0.29, 0.717) is 6.54 Å². The Balaban J connectivity index is 1.92. The summed E-state index contributed by atoms with van der Waals surface area (Å²) in [5.74, 6) is 0. The molecule has 0 atom stereocenters. The maximum absolute atomic E-state index is 12.6. The molecule has 2 N–H and O–H groups in total. The van der Waals surface area contributed by atoms with Gasteiger partial charge in [0, 0.05) is 25.2 Å². The second-order valence-electron chi connectivity index (χ2n) is 5.05.